The fraction of sp³-hybridized carbons (Fsp3) is 0.286. The predicted octanol–water partition coefficient (Wildman–Crippen LogP) is 3.39. The van der Waals surface area contributed by atoms with Crippen molar-refractivity contribution >= 4 is 23.4 Å². The number of methoxy groups -OCH3 is 1. The Morgan fingerprint density at radius 2 is 2.00 bits per heavy atom. The maximum absolute atomic E-state index is 12.4. The SMILES string of the molecule is COc1ccc(C)cc1NC(=O)CSc1nnc(C[C@H](C)c2ccccc2)n1N. The molecule has 0 bridgehead atoms. The number of hydrogen-bond donors (Lipinski definition) is 2. The van der Waals surface area contributed by atoms with Crippen LogP contribution in [0.25, 0.3) is 0 Å². The molecule has 0 aliphatic rings. The summed E-state index contributed by atoms with van der Waals surface area (Å²) in [5, 5.41) is 11.7. The van der Waals surface area contributed by atoms with Crippen LogP contribution in [0.1, 0.15) is 29.8 Å². The molecule has 0 saturated carbocycles. The number of nitrogens with two attached hydrogens (primary N) is 1. The zero-order valence-corrected chi connectivity index (χ0v) is 17.6. The molecular weight excluding hydrogens is 386 g/mol. The summed E-state index contributed by atoms with van der Waals surface area (Å²) in [5.41, 5.74) is 2.90. The number of hydrogen-bond acceptors (Lipinski definition) is 6. The van der Waals surface area contributed by atoms with Crippen LogP contribution in [0.5, 0.6) is 5.75 Å². The first-order valence-corrected chi connectivity index (χ1v) is 10.3. The van der Waals surface area contributed by atoms with Gasteiger partial charge >= 0.3 is 0 Å². The largest absolute Gasteiger partial charge is 0.495 e. The molecule has 29 heavy (non-hydrogen) atoms. The molecule has 7 nitrogen and oxygen atoms in total. The molecule has 0 unspecified atom stereocenters. The molecule has 3 N–H and O–H groups in total. The maximum Gasteiger partial charge on any atom is 0.234 e. The van der Waals surface area contributed by atoms with E-state index in [0.29, 0.717) is 28.8 Å². The lowest BCUT2D eigenvalue weighted by Crippen LogP contribution is -2.18. The lowest BCUT2D eigenvalue weighted by atomic mass is 9.98. The van der Waals surface area contributed by atoms with Gasteiger partial charge in [-0.2, -0.15) is 0 Å². The van der Waals surface area contributed by atoms with Gasteiger partial charge in [-0.1, -0.05) is 55.1 Å². The highest BCUT2D eigenvalue weighted by atomic mass is 32.2. The van der Waals surface area contributed by atoms with Gasteiger partial charge in [0.15, 0.2) is 5.82 Å². The summed E-state index contributed by atoms with van der Waals surface area (Å²) in [6.07, 6.45) is 0.667. The maximum atomic E-state index is 12.4. The minimum absolute atomic E-state index is 0.166. The molecule has 0 radical (unpaired) electrons. The molecule has 1 aromatic heterocycles. The van der Waals surface area contributed by atoms with Crippen LogP contribution in [-0.4, -0.2) is 33.6 Å². The number of benzene rings is 2. The molecule has 1 heterocycles. The third kappa shape index (κ3) is 5.29. The van der Waals surface area contributed by atoms with Crippen molar-refractivity contribution in [1.82, 2.24) is 14.9 Å². The van der Waals surface area contributed by atoms with E-state index in [9.17, 15) is 4.79 Å². The van der Waals surface area contributed by atoms with E-state index in [1.54, 1.807) is 7.11 Å². The quantitative estimate of drug-likeness (QED) is 0.436. The fourth-order valence-electron chi connectivity index (χ4n) is 2.95. The number of rotatable bonds is 8. The van der Waals surface area contributed by atoms with Gasteiger partial charge in [0.2, 0.25) is 11.1 Å². The molecule has 0 saturated heterocycles. The number of nitrogens with zero attached hydrogens (tertiary/aromatic N) is 3. The Labute approximate surface area is 174 Å². The molecule has 1 amide bonds. The monoisotopic (exact) mass is 411 g/mol. The van der Waals surface area contributed by atoms with E-state index in [4.69, 9.17) is 10.6 Å². The van der Waals surface area contributed by atoms with Crippen LogP contribution in [0.3, 0.4) is 0 Å². The first-order chi connectivity index (χ1) is 14.0. The number of amides is 1. The number of ether oxygens (including phenoxy) is 1. The van der Waals surface area contributed by atoms with Gasteiger partial charge < -0.3 is 15.9 Å². The van der Waals surface area contributed by atoms with Crippen molar-refractivity contribution in [2.75, 3.05) is 24.0 Å². The Balaban J connectivity index is 1.59. The second-order valence-corrected chi connectivity index (χ2v) is 7.77. The van der Waals surface area contributed by atoms with E-state index in [-0.39, 0.29) is 17.6 Å². The minimum Gasteiger partial charge on any atom is -0.495 e. The standard InChI is InChI=1S/C21H25N5O2S/c1-14-9-10-18(28-3)17(11-14)23-20(27)13-29-21-25-24-19(26(21)22)12-15(2)16-7-5-4-6-8-16/h4-11,15H,12-13,22H2,1-3H3,(H,23,27)/t15-/m0/s1. The highest BCUT2D eigenvalue weighted by molar-refractivity contribution is 7.99. The van der Waals surface area contributed by atoms with E-state index < -0.39 is 0 Å². The summed E-state index contributed by atoms with van der Waals surface area (Å²) in [5.74, 6) is 7.72. The van der Waals surface area contributed by atoms with Crippen LogP contribution in [0, 0.1) is 6.92 Å². The zero-order valence-electron chi connectivity index (χ0n) is 16.8. The number of anilines is 1. The number of thioether (sulfide) groups is 1. The van der Waals surface area contributed by atoms with E-state index in [1.807, 2.05) is 43.3 Å². The third-order valence-electron chi connectivity index (χ3n) is 4.55. The third-order valence-corrected chi connectivity index (χ3v) is 5.50. The number of aryl methyl sites for hydroxylation is 1. The highest BCUT2D eigenvalue weighted by Crippen LogP contribution is 2.26. The van der Waals surface area contributed by atoms with Gasteiger partial charge in [0.1, 0.15) is 5.75 Å². The topological polar surface area (TPSA) is 95.1 Å². The van der Waals surface area contributed by atoms with Gasteiger partial charge in [-0.25, -0.2) is 4.68 Å². The summed E-state index contributed by atoms with van der Waals surface area (Å²) in [6.45, 7) is 4.08. The van der Waals surface area contributed by atoms with Crippen molar-refractivity contribution in [3.63, 3.8) is 0 Å². The van der Waals surface area contributed by atoms with Crippen LogP contribution in [0.2, 0.25) is 0 Å². The summed E-state index contributed by atoms with van der Waals surface area (Å²) in [6, 6.07) is 15.8. The van der Waals surface area contributed by atoms with E-state index in [2.05, 4.69) is 34.6 Å². The average Bonchev–Trinajstić information content (AvgIpc) is 3.06. The molecule has 3 aromatic rings. The van der Waals surface area contributed by atoms with Crippen molar-refractivity contribution < 1.29 is 9.53 Å². The molecule has 2 aromatic carbocycles. The fourth-order valence-corrected chi connectivity index (χ4v) is 3.63. The lowest BCUT2D eigenvalue weighted by molar-refractivity contribution is -0.113. The molecule has 3 rings (SSSR count). The molecule has 0 aliphatic heterocycles. The van der Waals surface area contributed by atoms with E-state index >= 15 is 0 Å². The number of nitrogen functional groups attached to an aromatic ring is 1. The number of carbonyl (C=O) groups is 1. The Kier molecular flexibility index (Phi) is 6.77. The van der Waals surface area contributed by atoms with Gasteiger partial charge in [0.25, 0.3) is 0 Å². The molecular formula is C21H25N5O2S. The Bertz CT molecular complexity index is 974. The van der Waals surface area contributed by atoms with Crippen molar-refractivity contribution in [3.05, 3.63) is 65.5 Å². The Hall–Kier alpha value is -3.00. The predicted molar refractivity (Wildman–Crippen MR) is 116 cm³/mol. The van der Waals surface area contributed by atoms with Crippen molar-refractivity contribution in [2.45, 2.75) is 31.3 Å². The van der Waals surface area contributed by atoms with Gasteiger partial charge in [0.05, 0.1) is 18.6 Å². The van der Waals surface area contributed by atoms with Gasteiger partial charge in [-0.3, -0.25) is 4.79 Å². The normalized spacial score (nSPS) is 11.8. The second kappa shape index (κ2) is 9.47. The smallest absolute Gasteiger partial charge is 0.234 e. The lowest BCUT2D eigenvalue weighted by Gasteiger charge is -2.12. The summed E-state index contributed by atoms with van der Waals surface area (Å²) >= 11 is 1.25. The van der Waals surface area contributed by atoms with E-state index in [1.165, 1.54) is 22.0 Å². The Morgan fingerprint density at radius 3 is 2.72 bits per heavy atom. The molecule has 152 valence electrons. The average molecular weight is 412 g/mol. The van der Waals surface area contributed by atoms with Crippen LogP contribution in [-0.2, 0) is 11.2 Å². The van der Waals surface area contributed by atoms with Crippen LogP contribution < -0.4 is 15.9 Å². The van der Waals surface area contributed by atoms with Crippen LogP contribution in [0.4, 0.5) is 5.69 Å². The van der Waals surface area contributed by atoms with Gasteiger partial charge in [-0.15, -0.1) is 10.2 Å². The number of aromatic nitrogens is 3. The first-order valence-electron chi connectivity index (χ1n) is 9.29. The molecule has 0 spiro atoms. The molecule has 1 atom stereocenters. The molecule has 0 aliphatic carbocycles. The molecule has 0 fully saturated rings. The van der Waals surface area contributed by atoms with Crippen molar-refractivity contribution in [1.29, 1.82) is 0 Å². The first kappa shape index (κ1) is 20.7. The Morgan fingerprint density at radius 1 is 1.24 bits per heavy atom. The second-order valence-electron chi connectivity index (χ2n) is 6.83. The number of carbonyl (C=O) groups excluding carboxylic acids is 1. The van der Waals surface area contributed by atoms with Gasteiger partial charge in [0, 0.05) is 6.42 Å². The zero-order chi connectivity index (χ0) is 20.8. The van der Waals surface area contributed by atoms with Crippen LogP contribution >= 0.6 is 11.8 Å². The van der Waals surface area contributed by atoms with Crippen LogP contribution in [0.15, 0.2) is 53.7 Å². The summed E-state index contributed by atoms with van der Waals surface area (Å²) < 4.78 is 6.75. The highest BCUT2D eigenvalue weighted by Gasteiger charge is 2.16. The van der Waals surface area contributed by atoms with E-state index in [0.717, 1.165) is 5.56 Å². The van der Waals surface area contributed by atoms with Crippen molar-refractivity contribution in [3.8, 4) is 5.75 Å². The number of nitrogens with one attached hydrogen (secondary N) is 1. The molecule has 8 heteroatoms. The summed E-state index contributed by atoms with van der Waals surface area (Å²) in [7, 11) is 1.57. The van der Waals surface area contributed by atoms with Gasteiger partial charge in [-0.05, 0) is 36.1 Å². The van der Waals surface area contributed by atoms with Crippen molar-refractivity contribution in [2.24, 2.45) is 0 Å². The minimum atomic E-state index is -0.166. The summed E-state index contributed by atoms with van der Waals surface area (Å²) in [4.78, 5) is 12.4.